The van der Waals surface area contributed by atoms with E-state index in [1.54, 1.807) is 4.90 Å². The first-order valence-electron chi connectivity index (χ1n) is 6.72. The van der Waals surface area contributed by atoms with Gasteiger partial charge in [-0.05, 0) is 33.6 Å². The number of hydrogen-bond donors (Lipinski definition) is 0. The third-order valence-electron chi connectivity index (χ3n) is 2.97. The van der Waals surface area contributed by atoms with Crippen LogP contribution in [0.2, 0.25) is 0 Å². The average Bonchev–Trinajstić information content (AvgIpc) is 2.25. The lowest BCUT2D eigenvalue weighted by Gasteiger charge is -2.34. The van der Waals surface area contributed by atoms with Gasteiger partial charge in [0.1, 0.15) is 5.60 Å². The minimum Gasteiger partial charge on any atom is -0.460 e. The molecule has 0 N–H and O–H groups in total. The second kappa shape index (κ2) is 5.72. The zero-order chi connectivity index (χ0) is 13.9. The molecule has 1 heterocycles. The van der Waals surface area contributed by atoms with Crippen LogP contribution in [0.15, 0.2) is 0 Å². The summed E-state index contributed by atoms with van der Waals surface area (Å²) in [5.74, 6) is -0.227. The highest BCUT2D eigenvalue weighted by Gasteiger charge is 2.32. The first-order valence-corrected chi connectivity index (χ1v) is 6.72. The van der Waals surface area contributed by atoms with Gasteiger partial charge in [0, 0.05) is 19.0 Å². The Labute approximate surface area is 110 Å². The van der Waals surface area contributed by atoms with Crippen molar-refractivity contribution in [3.8, 4) is 0 Å². The summed E-state index contributed by atoms with van der Waals surface area (Å²) in [5, 5.41) is 0. The van der Waals surface area contributed by atoms with E-state index < -0.39 is 5.60 Å². The van der Waals surface area contributed by atoms with Gasteiger partial charge in [-0.2, -0.15) is 0 Å². The molecule has 0 saturated carbocycles. The van der Waals surface area contributed by atoms with Gasteiger partial charge < -0.3 is 9.64 Å². The van der Waals surface area contributed by atoms with Crippen LogP contribution in [0.5, 0.6) is 0 Å². The number of piperidine rings is 1. The number of nitrogens with zero attached hydrogens (tertiary/aromatic N) is 1. The van der Waals surface area contributed by atoms with E-state index >= 15 is 0 Å². The van der Waals surface area contributed by atoms with Gasteiger partial charge in [0.05, 0.1) is 5.92 Å². The van der Waals surface area contributed by atoms with Crippen LogP contribution < -0.4 is 0 Å². The number of hydrogen-bond acceptors (Lipinski definition) is 3. The predicted octanol–water partition coefficient (Wildman–Crippen LogP) is 2.22. The second-order valence-electron chi connectivity index (χ2n) is 6.31. The Kier molecular flexibility index (Phi) is 4.77. The summed E-state index contributed by atoms with van der Waals surface area (Å²) in [6.45, 7) is 10.6. The van der Waals surface area contributed by atoms with Gasteiger partial charge in [-0.15, -0.1) is 0 Å². The molecule has 1 fully saturated rings. The SMILES string of the molecule is CC(C)C(=O)N1CCCC(C(=O)OC(C)(C)C)C1. The molecule has 1 atom stereocenters. The van der Waals surface area contributed by atoms with Gasteiger partial charge >= 0.3 is 5.97 Å². The Morgan fingerprint density at radius 2 is 1.89 bits per heavy atom. The van der Waals surface area contributed by atoms with Crippen molar-refractivity contribution in [3.63, 3.8) is 0 Å². The summed E-state index contributed by atoms with van der Waals surface area (Å²) in [5.41, 5.74) is -0.457. The molecule has 4 nitrogen and oxygen atoms in total. The lowest BCUT2D eigenvalue weighted by atomic mass is 9.97. The quantitative estimate of drug-likeness (QED) is 0.711. The third kappa shape index (κ3) is 4.31. The fourth-order valence-corrected chi connectivity index (χ4v) is 2.12. The minimum atomic E-state index is -0.457. The average molecular weight is 255 g/mol. The van der Waals surface area contributed by atoms with E-state index in [1.807, 2.05) is 34.6 Å². The number of carbonyl (C=O) groups excluding carboxylic acids is 2. The van der Waals surface area contributed by atoms with E-state index in [2.05, 4.69) is 0 Å². The Balaban J connectivity index is 2.59. The molecule has 0 spiro atoms. The van der Waals surface area contributed by atoms with Crippen molar-refractivity contribution in [1.29, 1.82) is 0 Å². The Hall–Kier alpha value is -1.06. The molecule has 1 aliphatic heterocycles. The van der Waals surface area contributed by atoms with Crippen LogP contribution in [0.25, 0.3) is 0 Å². The van der Waals surface area contributed by atoms with Crippen molar-refractivity contribution >= 4 is 11.9 Å². The van der Waals surface area contributed by atoms with E-state index in [0.717, 1.165) is 19.4 Å². The molecule has 18 heavy (non-hydrogen) atoms. The van der Waals surface area contributed by atoms with Crippen LogP contribution in [-0.2, 0) is 14.3 Å². The number of ether oxygens (including phenoxy) is 1. The van der Waals surface area contributed by atoms with E-state index in [0.29, 0.717) is 6.54 Å². The number of rotatable bonds is 2. The van der Waals surface area contributed by atoms with Crippen LogP contribution in [-0.4, -0.2) is 35.5 Å². The monoisotopic (exact) mass is 255 g/mol. The molecule has 0 bridgehead atoms. The molecule has 4 heteroatoms. The van der Waals surface area contributed by atoms with E-state index in [9.17, 15) is 9.59 Å². The molecule has 0 aromatic heterocycles. The molecule has 0 radical (unpaired) electrons. The number of esters is 1. The molecule has 104 valence electrons. The summed E-state index contributed by atoms with van der Waals surface area (Å²) in [7, 11) is 0. The lowest BCUT2D eigenvalue weighted by Crippen LogP contribution is -2.45. The van der Waals surface area contributed by atoms with Gasteiger partial charge in [-0.1, -0.05) is 13.8 Å². The second-order valence-corrected chi connectivity index (χ2v) is 6.31. The van der Waals surface area contributed by atoms with Crippen molar-refractivity contribution in [2.75, 3.05) is 13.1 Å². The van der Waals surface area contributed by atoms with Crippen LogP contribution in [0.3, 0.4) is 0 Å². The van der Waals surface area contributed by atoms with Crippen LogP contribution >= 0.6 is 0 Å². The largest absolute Gasteiger partial charge is 0.460 e. The smallest absolute Gasteiger partial charge is 0.311 e. The van der Waals surface area contributed by atoms with Crippen LogP contribution in [0.4, 0.5) is 0 Å². The normalized spacial score (nSPS) is 21.0. The van der Waals surface area contributed by atoms with Gasteiger partial charge in [-0.25, -0.2) is 0 Å². The number of amides is 1. The number of carbonyl (C=O) groups is 2. The highest BCUT2D eigenvalue weighted by molar-refractivity contribution is 5.80. The van der Waals surface area contributed by atoms with Crippen molar-refractivity contribution in [1.82, 2.24) is 4.90 Å². The summed E-state index contributed by atoms with van der Waals surface area (Å²) in [4.78, 5) is 25.7. The summed E-state index contributed by atoms with van der Waals surface area (Å²) >= 11 is 0. The first kappa shape index (κ1) is 15.0. The standard InChI is InChI=1S/C14H25NO3/c1-10(2)12(16)15-8-6-7-11(9-15)13(17)18-14(3,4)5/h10-11H,6-9H2,1-5H3. The fraction of sp³-hybridized carbons (Fsp3) is 0.857. The molecule has 0 aromatic rings. The van der Waals surface area contributed by atoms with Gasteiger partial charge in [0.2, 0.25) is 5.91 Å². The Morgan fingerprint density at radius 3 is 2.39 bits per heavy atom. The third-order valence-corrected chi connectivity index (χ3v) is 2.97. The fourth-order valence-electron chi connectivity index (χ4n) is 2.12. The minimum absolute atomic E-state index is 0.0117. The van der Waals surface area contributed by atoms with E-state index in [-0.39, 0.29) is 23.7 Å². The molecule has 1 saturated heterocycles. The zero-order valence-corrected chi connectivity index (χ0v) is 12.2. The van der Waals surface area contributed by atoms with Crippen molar-refractivity contribution < 1.29 is 14.3 Å². The molecule has 1 unspecified atom stereocenters. The Morgan fingerprint density at radius 1 is 1.28 bits per heavy atom. The van der Waals surface area contributed by atoms with E-state index in [1.165, 1.54) is 0 Å². The zero-order valence-electron chi connectivity index (χ0n) is 12.2. The van der Waals surface area contributed by atoms with Crippen molar-refractivity contribution in [3.05, 3.63) is 0 Å². The Bertz CT molecular complexity index is 317. The molecule has 1 rings (SSSR count). The molecule has 1 amide bonds. The summed E-state index contributed by atoms with van der Waals surface area (Å²) in [6, 6.07) is 0. The maximum atomic E-state index is 12.0. The lowest BCUT2D eigenvalue weighted by molar-refractivity contribution is -0.162. The summed E-state index contributed by atoms with van der Waals surface area (Å²) in [6.07, 6.45) is 1.69. The van der Waals surface area contributed by atoms with Gasteiger partial charge in [-0.3, -0.25) is 9.59 Å². The molecule has 0 aliphatic carbocycles. The van der Waals surface area contributed by atoms with Crippen molar-refractivity contribution in [2.24, 2.45) is 11.8 Å². The molecule has 0 aromatic carbocycles. The van der Waals surface area contributed by atoms with Crippen LogP contribution in [0, 0.1) is 11.8 Å². The number of likely N-dealkylation sites (tertiary alicyclic amines) is 1. The molecular weight excluding hydrogens is 230 g/mol. The van der Waals surface area contributed by atoms with E-state index in [4.69, 9.17) is 4.74 Å². The van der Waals surface area contributed by atoms with Gasteiger partial charge in [0.15, 0.2) is 0 Å². The molecular formula is C14H25NO3. The molecule has 1 aliphatic rings. The van der Waals surface area contributed by atoms with Crippen molar-refractivity contribution in [2.45, 2.75) is 53.1 Å². The highest BCUT2D eigenvalue weighted by Crippen LogP contribution is 2.21. The van der Waals surface area contributed by atoms with Gasteiger partial charge in [0.25, 0.3) is 0 Å². The first-order chi connectivity index (χ1) is 8.20. The predicted molar refractivity (Wildman–Crippen MR) is 70.0 cm³/mol. The highest BCUT2D eigenvalue weighted by atomic mass is 16.6. The topological polar surface area (TPSA) is 46.6 Å². The summed E-state index contributed by atoms with van der Waals surface area (Å²) < 4.78 is 5.39. The maximum absolute atomic E-state index is 12.0. The van der Waals surface area contributed by atoms with Crippen LogP contribution in [0.1, 0.15) is 47.5 Å². The maximum Gasteiger partial charge on any atom is 0.311 e.